The van der Waals surface area contributed by atoms with Crippen molar-refractivity contribution in [2.45, 2.75) is 11.4 Å². The van der Waals surface area contributed by atoms with Crippen LogP contribution in [-0.4, -0.2) is 30.2 Å². The molecule has 3 nitrogen and oxygen atoms in total. The standard InChI is InChI=1S/C6H6ClN.C4H8ClNO.ClH/c7-5-6-3-1-2-4-8-6;5-4-3-7-2-1-6-4;/h1-4H,5H2;4,6H,1-3H2;1H. The summed E-state index contributed by atoms with van der Waals surface area (Å²) < 4.78 is 4.99. The molecule has 16 heavy (non-hydrogen) atoms. The summed E-state index contributed by atoms with van der Waals surface area (Å²) in [5, 5.41) is 3.02. The van der Waals surface area contributed by atoms with Gasteiger partial charge in [0.1, 0.15) is 5.50 Å². The Hall–Kier alpha value is -0.0600. The van der Waals surface area contributed by atoms with Crippen molar-refractivity contribution >= 4 is 35.6 Å². The minimum atomic E-state index is 0. The molecule has 0 saturated carbocycles. The van der Waals surface area contributed by atoms with Crippen LogP contribution >= 0.6 is 35.6 Å². The Morgan fingerprint density at radius 1 is 1.50 bits per heavy atom. The van der Waals surface area contributed by atoms with Gasteiger partial charge in [0.15, 0.2) is 0 Å². The Balaban J connectivity index is 0.000000267. The van der Waals surface area contributed by atoms with Crippen molar-refractivity contribution in [3.05, 3.63) is 30.1 Å². The van der Waals surface area contributed by atoms with E-state index in [0.29, 0.717) is 12.5 Å². The highest BCUT2D eigenvalue weighted by molar-refractivity contribution is 6.20. The van der Waals surface area contributed by atoms with E-state index in [1.165, 1.54) is 0 Å². The minimum absolute atomic E-state index is 0. The van der Waals surface area contributed by atoms with Crippen LogP contribution in [0.4, 0.5) is 0 Å². The predicted molar refractivity (Wildman–Crippen MR) is 69.5 cm³/mol. The number of ether oxygens (including phenoxy) is 1. The number of halogens is 3. The third-order valence-electron chi connectivity index (χ3n) is 1.74. The molecule has 0 aliphatic carbocycles. The highest BCUT2D eigenvalue weighted by Crippen LogP contribution is 1.96. The number of hydrogen-bond donors (Lipinski definition) is 1. The predicted octanol–water partition coefficient (Wildman–Crippen LogP) is 2.41. The summed E-state index contributed by atoms with van der Waals surface area (Å²) >= 11 is 11.0. The molecule has 1 aromatic rings. The molecule has 1 aromatic heterocycles. The maximum Gasteiger partial charge on any atom is 0.106 e. The summed E-state index contributed by atoms with van der Waals surface area (Å²) in [6, 6.07) is 5.69. The monoisotopic (exact) mass is 284 g/mol. The molecule has 0 radical (unpaired) electrons. The minimum Gasteiger partial charge on any atom is -0.377 e. The van der Waals surface area contributed by atoms with E-state index < -0.39 is 0 Å². The molecular weight excluding hydrogens is 270 g/mol. The molecule has 6 heteroatoms. The van der Waals surface area contributed by atoms with Crippen LogP contribution in [0.3, 0.4) is 0 Å². The molecule has 0 amide bonds. The van der Waals surface area contributed by atoms with Crippen molar-refractivity contribution in [2.75, 3.05) is 19.8 Å². The van der Waals surface area contributed by atoms with Gasteiger partial charge in [0.25, 0.3) is 0 Å². The van der Waals surface area contributed by atoms with E-state index in [0.717, 1.165) is 18.8 Å². The lowest BCUT2D eigenvalue weighted by Gasteiger charge is -2.17. The summed E-state index contributed by atoms with van der Waals surface area (Å²) in [7, 11) is 0. The van der Waals surface area contributed by atoms with Crippen LogP contribution in [0.2, 0.25) is 0 Å². The van der Waals surface area contributed by atoms with Crippen LogP contribution in [-0.2, 0) is 10.6 Å². The van der Waals surface area contributed by atoms with Crippen LogP contribution in [0.15, 0.2) is 24.4 Å². The fourth-order valence-corrected chi connectivity index (χ4v) is 1.37. The third-order valence-corrected chi connectivity index (χ3v) is 2.29. The highest BCUT2D eigenvalue weighted by atomic mass is 35.5. The molecule has 92 valence electrons. The smallest absolute Gasteiger partial charge is 0.106 e. The summed E-state index contributed by atoms with van der Waals surface area (Å²) in [5.41, 5.74) is 0.961. The van der Waals surface area contributed by atoms with E-state index in [1.807, 2.05) is 18.2 Å². The average molecular weight is 286 g/mol. The van der Waals surface area contributed by atoms with E-state index in [9.17, 15) is 0 Å². The van der Waals surface area contributed by atoms with E-state index in [-0.39, 0.29) is 17.9 Å². The number of hydrogen-bond acceptors (Lipinski definition) is 3. The molecule has 0 bridgehead atoms. The Kier molecular flexibility index (Phi) is 10.1. The van der Waals surface area contributed by atoms with Gasteiger partial charge in [-0.25, -0.2) is 0 Å². The average Bonchev–Trinajstić information content (AvgIpc) is 2.32. The zero-order valence-electron chi connectivity index (χ0n) is 8.73. The highest BCUT2D eigenvalue weighted by Gasteiger charge is 2.06. The van der Waals surface area contributed by atoms with Crippen molar-refractivity contribution in [1.29, 1.82) is 0 Å². The number of alkyl halides is 2. The van der Waals surface area contributed by atoms with E-state index in [4.69, 9.17) is 27.9 Å². The molecule has 2 rings (SSSR count). The molecule has 1 aliphatic heterocycles. The number of nitrogens with one attached hydrogen (secondary N) is 1. The molecule has 1 N–H and O–H groups in total. The van der Waals surface area contributed by atoms with Crippen LogP contribution in [0.1, 0.15) is 5.69 Å². The SMILES string of the molecule is Cl.ClC1COCCN1.ClCc1ccccn1. The van der Waals surface area contributed by atoms with Crippen molar-refractivity contribution in [2.24, 2.45) is 0 Å². The van der Waals surface area contributed by atoms with Crippen molar-refractivity contribution in [3.63, 3.8) is 0 Å². The number of nitrogens with zero attached hydrogens (tertiary/aromatic N) is 1. The molecule has 0 spiro atoms. The van der Waals surface area contributed by atoms with Gasteiger partial charge in [-0.15, -0.1) is 35.6 Å². The van der Waals surface area contributed by atoms with Gasteiger partial charge in [0, 0.05) is 12.7 Å². The molecule has 2 heterocycles. The topological polar surface area (TPSA) is 34.1 Å². The Morgan fingerprint density at radius 2 is 2.31 bits per heavy atom. The second-order valence-corrected chi connectivity index (χ2v) is 3.75. The van der Waals surface area contributed by atoms with Gasteiger partial charge >= 0.3 is 0 Å². The molecule has 1 fully saturated rings. The largest absolute Gasteiger partial charge is 0.377 e. The maximum absolute atomic E-state index is 5.58. The van der Waals surface area contributed by atoms with Crippen LogP contribution in [0, 0.1) is 0 Å². The van der Waals surface area contributed by atoms with Crippen molar-refractivity contribution < 1.29 is 4.74 Å². The van der Waals surface area contributed by atoms with Crippen molar-refractivity contribution in [3.8, 4) is 0 Å². The van der Waals surface area contributed by atoms with E-state index in [1.54, 1.807) is 6.20 Å². The van der Waals surface area contributed by atoms with Crippen molar-refractivity contribution in [1.82, 2.24) is 10.3 Å². The number of aromatic nitrogens is 1. The van der Waals surface area contributed by atoms with Gasteiger partial charge in [-0.3, -0.25) is 10.3 Å². The lowest BCUT2D eigenvalue weighted by Crippen LogP contribution is -2.37. The maximum atomic E-state index is 5.58. The first-order valence-electron chi connectivity index (χ1n) is 4.74. The first kappa shape index (κ1) is 15.9. The van der Waals surface area contributed by atoms with Gasteiger partial charge in [-0.1, -0.05) is 6.07 Å². The second-order valence-electron chi connectivity index (χ2n) is 2.95. The molecule has 1 unspecified atom stereocenters. The van der Waals surface area contributed by atoms with Gasteiger partial charge in [-0.05, 0) is 12.1 Å². The molecule has 1 atom stereocenters. The van der Waals surface area contributed by atoms with Gasteiger partial charge < -0.3 is 4.74 Å². The van der Waals surface area contributed by atoms with Crippen LogP contribution in [0.25, 0.3) is 0 Å². The summed E-state index contributed by atoms with van der Waals surface area (Å²) in [6.45, 7) is 2.32. The van der Waals surface area contributed by atoms with Crippen LogP contribution < -0.4 is 5.32 Å². The Morgan fingerprint density at radius 3 is 2.62 bits per heavy atom. The normalized spacial score (nSPS) is 19.0. The Labute approximate surface area is 112 Å². The van der Waals surface area contributed by atoms with Gasteiger partial charge in [0.05, 0.1) is 24.8 Å². The Bertz CT molecular complexity index is 256. The number of rotatable bonds is 1. The number of morpholine rings is 1. The van der Waals surface area contributed by atoms with Gasteiger partial charge in [-0.2, -0.15) is 0 Å². The fourth-order valence-electron chi connectivity index (χ4n) is 1.01. The first-order valence-corrected chi connectivity index (χ1v) is 5.71. The van der Waals surface area contributed by atoms with Gasteiger partial charge in [0.2, 0.25) is 0 Å². The summed E-state index contributed by atoms with van der Waals surface area (Å²) in [5.74, 6) is 0.501. The summed E-state index contributed by atoms with van der Waals surface area (Å²) in [6.07, 6.45) is 1.73. The molecule has 1 saturated heterocycles. The zero-order chi connectivity index (χ0) is 10.9. The van der Waals surface area contributed by atoms with E-state index >= 15 is 0 Å². The molecule has 1 aliphatic rings. The number of pyridine rings is 1. The fraction of sp³-hybridized carbons (Fsp3) is 0.500. The molecular formula is C10H15Cl3N2O. The zero-order valence-corrected chi connectivity index (χ0v) is 11.1. The third kappa shape index (κ3) is 7.25. The summed E-state index contributed by atoms with van der Waals surface area (Å²) in [4.78, 5) is 3.97. The molecule has 0 aromatic carbocycles. The van der Waals surface area contributed by atoms with E-state index in [2.05, 4.69) is 10.3 Å². The van der Waals surface area contributed by atoms with Crippen LogP contribution in [0.5, 0.6) is 0 Å². The lowest BCUT2D eigenvalue weighted by atomic mass is 10.4. The quantitative estimate of drug-likeness (QED) is 0.635. The lowest BCUT2D eigenvalue weighted by molar-refractivity contribution is 0.0985. The first-order chi connectivity index (χ1) is 7.33. The second kappa shape index (κ2) is 10.1.